The van der Waals surface area contributed by atoms with Gasteiger partial charge in [-0.25, -0.2) is 0 Å². The summed E-state index contributed by atoms with van der Waals surface area (Å²) in [5.74, 6) is 1.39. The number of rotatable bonds is 6. The Bertz CT molecular complexity index is 511. The number of methoxy groups -OCH3 is 1. The molecule has 1 heterocycles. The van der Waals surface area contributed by atoms with Gasteiger partial charge in [-0.1, -0.05) is 18.2 Å². The van der Waals surface area contributed by atoms with Crippen LogP contribution in [0.15, 0.2) is 36.5 Å². The molecule has 0 spiro atoms. The minimum Gasteiger partial charge on any atom is -0.493 e. The Morgan fingerprint density at radius 3 is 2.74 bits per heavy atom. The van der Waals surface area contributed by atoms with Crippen molar-refractivity contribution in [1.29, 1.82) is 0 Å². The van der Waals surface area contributed by atoms with Gasteiger partial charge < -0.3 is 14.6 Å². The molecule has 0 saturated carbocycles. The fraction of sp³-hybridized carbons (Fsp3) is 0.357. The maximum atomic E-state index is 10.2. The van der Waals surface area contributed by atoms with Crippen LogP contribution < -0.4 is 9.47 Å². The molecule has 0 aliphatic rings. The average Bonchev–Trinajstić information content (AvgIpc) is 2.81. The van der Waals surface area contributed by atoms with Crippen molar-refractivity contribution >= 4 is 0 Å². The summed E-state index contributed by atoms with van der Waals surface area (Å²) < 4.78 is 12.3. The molecule has 2 aromatic rings. The van der Waals surface area contributed by atoms with Crippen LogP contribution in [0.25, 0.3) is 0 Å². The van der Waals surface area contributed by atoms with E-state index in [1.54, 1.807) is 25.0 Å². The van der Waals surface area contributed by atoms with Crippen LogP contribution >= 0.6 is 0 Å². The summed E-state index contributed by atoms with van der Waals surface area (Å²) in [6.07, 6.45) is 1.41. The standard InChI is InChI=1S/C14H18N2O3/c1-16-14(13(18-2)10-15-16)12(17)8-9-19-11-6-4-3-5-7-11/h3-7,10,12,17H,8-9H2,1-2H3. The molecule has 0 fully saturated rings. The van der Waals surface area contributed by atoms with E-state index < -0.39 is 6.10 Å². The molecule has 1 atom stereocenters. The van der Waals surface area contributed by atoms with Crippen molar-refractivity contribution in [3.05, 3.63) is 42.2 Å². The number of para-hydroxylation sites is 1. The third-order valence-electron chi connectivity index (χ3n) is 2.89. The zero-order chi connectivity index (χ0) is 13.7. The van der Waals surface area contributed by atoms with Crippen LogP contribution in [0, 0.1) is 0 Å². The second kappa shape index (κ2) is 6.24. The average molecular weight is 262 g/mol. The van der Waals surface area contributed by atoms with Crippen LogP contribution in [0.3, 0.4) is 0 Å². The van der Waals surface area contributed by atoms with E-state index in [1.807, 2.05) is 30.3 Å². The number of aryl methyl sites for hydroxylation is 1. The van der Waals surface area contributed by atoms with Gasteiger partial charge in [-0.05, 0) is 12.1 Å². The Kier molecular flexibility index (Phi) is 4.41. The molecule has 0 bridgehead atoms. The molecule has 0 saturated heterocycles. The zero-order valence-corrected chi connectivity index (χ0v) is 11.1. The van der Waals surface area contributed by atoms with Crippen LogP contribution in [0.4, 0.5) is 0 Å². The highest BCUT2D eigenvalue weighted by Crippen LogP contribution is 2.26. The van der Waals surface area contributed by atoms with Crippen LogP contribution in [0.2, 0.25) is 0 Å². The molecule has 1 unspecified atom stereocenters. The van der Waals surface area contributed by atoms with Gasteiger partial charge in [0.1, 0.15) is 17.5 Å². The van der Waals surface area contributed by atoms with Crippen molar-refractivity contribution < 1.29 is 14.6 Å². The summed E-state index contributed by atoms with van der Waals surface area (Å²) in [5.41, 5.74) is 0.666. The summed E-state index contributed by atoms with van der Waals surface area (Å²) in [6.45, 7) is 0.430. The first-order valence-corrected chi connectivity index (χ1v) is 6.14. The molecule has 1 N–H and O–H groups in total. The zero-order valence-electron chi connectivity index (χ0n) is 11.1. The van der Waals surface area contributed by atoms with Gasteiger partial charge in [0.2, 0.25) is 0 Å². The van der Waals surface area contributed by atoms with Gasteiger partial charge in [0.05, 0.1) is 19.9 Å². The summed E-state index contributed by atoms with van der Waals surface area (Å²) in [4.78, 5) is 0. The summed E-state index contributed by atoms with van der Waals surface area (Å²) >= 11 is 0. The van der Waals surface area contributed by atoms with Gasteiger partial charge >= 0.3 is 0 Å². The Morgan fingerprint density at radius 2 is 2.05 bits per heavy atom. The van der Waals surface area contributed by atoms with E-state index in [9.17, 15) is 5.11 Å². The lowest BCUT2D eigenvalue weighted by Crippen LogP contribution is -2.10. The minimum absolute atomic E-state index is 0.430. The van der Waals surface area contributed by atoms with Gasteiger partial charge in [0.15, 0.2) is 5.75 Å². The molecule has 0 aliphatic carbocycles. The molecule has 0 aliphatic heterocycles. The predicted octanol–water partition coefficient (Wildman–Crippen LogP) is 1.93. The fourth-order valence-electron chi connectivity index (χ4n) is 1.91. The number of nitrogens with zero attached hydrogens (tertiary/aromatic N) is 2. The smallest absolute Gasteiger partial charge is 0.162 e. The number of aromatic nitrogens is 2. The third kappa shape index (κ3) is 3.26. The summed E-state index contributed by atoms with van der Waals surface area (Å²) in [7, 11) is 3.34. The maximum absolute atomic E-state index is 10.2. The van der Waals surface area contributed by atoms with Gasteiger partial charge in [0.25, 0.3) is 0 Å². The Balaban J connectivity index is 1.91. The molecule has 1 aromatic carbocycles. The predicted molar refractivity (Wildman–Crippen MR) is 71.3 cm³/mol. The van der Waals surface area contributed by atoms with Gasteiger partial charge in [-0.2, -0.15) is 5.10 Å². The first-order valence-electron chi connectivity index (χ1n) is 6.14. The number of aliphatic hydroxyl groups excluding tert-OH is 1. The van der Waals surface area contributed by atoms with E-state index >= 15 is 0 Å². The van der Waals surface area contributed by atoms with Crippen LogP contribution in [-0.4, -0.2) is 28.6 Å². The lowest BCUT2D eigenvalue weighted by molar-refractivity contribution is 0.130. The normalized spacial score (nSPS) is 12.2. The molecule has 5 nitrogen and oxygen atoms in total. The summed E-state index contributed by atoms with van der Waals surface area (Å²) in [5, 5.41) is 14.2. The van der Waals surface area contributed by atoms with E-state index in [-0.39, 0.29) is 0 Å². The Morgan fingerprint density at radius 1 is 1.32 bits per heavy atom. The maximum Gasteiger partial charge on any atom is 0.162 e. The van der Waals surface area contributed by atoms with Crippen molar-refractivity contribution in [2.75, 3.05) is 13.7 Å². The second-order valence-corrected chi connectivity index (χ2v) is 4.19. The topological polar surface area (TPSA) is 56.5 Å². The van der Waals surface area contributed by atoms with Gasteiger partial charge in [-0.3, -0.25) is 4.68 Å². The van der Waals surface area contributed by atoms with E-state index in [0.29, 0.717) is 24.5 Å². The number of benzene rings is 1. The molecule has 0 radical (unpaired) electrons. The Labute approximate surface area is 112 Å². The first kappa shape index (κ1) is 13.4. The third-order valence-corrected chi connectivity index (χ3v) is 2.89. The molecule has 2 rings (SSSR count). The van der Waals surface area contributed by atoms with Crippen LogP contribution in [0.5, 0.6) is 11.5 Å². The van der Waals surface area contributed by atoms with E-state index in [1.165, 1.54) is 0 Å². The van der Waals surface area contributed by atoms with E-state index in [0.717, 1.165) is 5.75 Å². The SMILES string of the molecule is COc1cnn(C)c1C(O)CCOc1ccccc1. The van der Waals surface area contributed by atoms with Gasteiger partial charge in [-0.15, -0.1) is 0 Å². The van der Waals surface area contributed by atoms with E-state index in [2.05, 4.69) is 5.10 Å². The second-order valence-electron chi connectivity index (χ2n) is 4.19. The van der Waals surface area contributed by atoms with Crippen molar-refractivity contribution in [2.24, 2.45) is 7.05 Å². The highest BCUT2D eigenvalue weighted by Gasteiger charge is 2.18. The lowest BCUT2D eigenvalue weighted by atomic mass is 10.2. The fourth-order valence-corrected chi connectivity index (χ4v) is 1.91. The molecule has 1 aromatic heterocycles. The van der Waals surface area contributed by atoms with E-state index in [4.69, 9.17) is 9.47 Å². The molecule has 5 heteroatoms. The van der Waals surface area contributed by atoms with Crippen molar-refractivity contribution in [3.63, 3.8) is 0 Å². The molecular formula is C14H18N2O3. The first-order chi connectivity index (χ1) is 9.22. The molecule has 0 amide bonds. The highest BCUT2D eigenvalue weighted by molar-refractivity contribution is 5.27. The molecular weight excluding hydrogens is 244 g/mol. The number of ether oxygens (including phenoxy) is 2. The van der Waals surface area contributed by atoms with Crippen LogP contribution in [-0.2, 0) is 7.05 Å². The number of aliphatic hydroxyl groups is 1. The summed E-state index contributed by atoms with van der Waals surface area (Å²) in [6, 6.07) is 9.53. The Hall–Kier alpha value is -2.01. The van der Waals surface area contributed by atoms with Crippen molar-refractivity contribution in [2.45, 2.75) is 12.5 Å². The molecule has 19 heavy (non-hydrogen) atoms. The van der Waals surface area contributed by atoms with Crippen LogP contribution in [0.1, 0.15) is 18.2 Å². The monoisotopic (exact) mass is 262 g/mol. The van der Waals surface area contributed by atoms with Gasteiger partial charge in [0, 0.05) is 13.5 Å². The quantitative estimate of drug-likeness (QED) is 0.864. The highest BCUT2D eigenvalue weighted by atomic mass is 16.5. The van der Waals surface area contributed by atoms with Crippen molar-refractivity contribution in [3.8, 4) is 11.5 Å². The number of hydrogen-bond acceptors (Lipinski definition) is 4. The largest absolute Gasteiger partial charge is 0.493 e. The lowest BCUT2D eigenvalue weighted by Gasteiger charge is -2.13. The minimum atomic E-state index is -0.661. The number of hydrogen-bond donors (Lipinski definition) is 1. The molecule has 102 valence electrons. The van der Waals surface area contributed by atoms with Crippen molar-refractivity contribution in [1.82, 2.24) is 9.78 Å².